The van der Waals surface area contributed by atoms with Gasteiger partial charge in [-0.15, -0.1) is 11.3 Å². The van der Waals surface area contributed by atoms with E-state index in [4.69, 9.17) is 0 Å². The number of piperidine rings is 1. The van der Waals surface area contributed by atoms with Crippen molar-refractivity contribution in [3.05, 3.63) is 11.1 Å². The van der Waals surface area contributed by atoms with E-state index in [-0.39, 0.29) is 17.2 Å². The Labute approximate surface area is 138 Å². The van der Waals surface area contributed by atoms with Gasteiger partial charge in [-0.25, -0.2) is 4.98 Å². The maximum atomic E-state index is 12.4. The molecule has 0 aromatic carbocycles. The number of carbonyl (C=O) groups is 2. The van der Waals surface area contributed by atoms with Crippen LogP contribution in [0.5, 0.6) is 0 Å². The fourth-order valence-electron chi connectivity index (χ4n) is 3.16. The Morgan fingerprint density at radius 3 is 2.91 bits per heavy atom. The summed E-state index contributed by atoms with van der Waals surface area (Å²) in [4.78, 5) is 30.3. The third-order valence-electron chi connectivity index (χ3n) is 4.50. The number of likely N-dealkylation sites (tertiary alicyclic amines) is 1. The van der Waals surface area contributed by atoms with Crippen molar-refractivity contribution in [2.24, 2.45) is 5.41 Å². The number of nitrogens with zero attached hydrogens (tertiary/aromatic N) is 2. The molecule has 3 heterocycles. The summed E-state index contributed by atoms with van der Waals surface area (Å²) in [6.45, 7) is 4.39. The highest BCUT2D eigenvalue weighted by molar-refractivity contribution is 8.00. The summed E-state index contributed by atoms with van der Waals surface area (Å²) in [5.41, 5.74) is 0.975. The largest absolute Gasteiger partial charge is 0.356 e. The van der Waals surface area contributed by atoms with E-state index in [1.54, 1.807) is 23.1 Å². The molecule has 2 amide bonds. The van der Waals surface area contributed by atoms with Gasteiger partial charge < -0.3 is 10.2 Å². The van der Waals surface area contributed by atoms with Crippen LogP contribution in [0.1, 0.15) is 31.9 Å². The first kappa shape index (κ1) is 15.8. The Morgan fingerprint density at radius 2 is 2.27 bits per heavy atom. The number of thioether (sulfide) groups is 1. The summed E-state index contributed by atoms with van der Waals surface area (Å²) in [7, 11) is 0. The molecule has 1 N–H and O–H groups in total. The topological polar surface area (TPSA) is 62.3 Å². The lowest BCUT2D eigenvalue weighted by molar-refractivity contribution is -0.132. The molecule has 120 valence electrons. The first-order valence-electron chi connectivity index (χ1n) is 7.72. The molecule has 0 unspecified atom stereocenters. The van der Waals surface area contributed by atoms with Crippen LogP contribution < -0.4 is 5.32 Å². The quantitative estimate of drug-likeness (QED) is 0.852. The minimum absolute atomic E-state index is 0.0967. The number of nitrogens with one attached hydrogen (secondary N) is 1. The van der Waals surface area contributed by atoms with Gasteiger partial charge in [-0.2, -0.15) is 0 Å². The van der Waals surface area contributed by atoms with Crippen molar-refractivity contribution in [3.63, 3.8) is 0 Å². The van der Waals surface area contributed by atoms with E-state index in [2.05, 4.69) is 17.2 Å². The molecule has 1 aromatic heterocycles. The first-order chi connectivity index (χ1) is 10.6. The van der Waals surface area contributed by atoms with E-state index in [0.717, 1.165) is 48.3 Å². The first-order valence-corrected chi connectivity index (χ1v) is 9.58. The highest BCUT2D eigenvalue weighted by Crippen LogP contribution is 2.37. The summed E-state index contributed by atoms with van der Waals surface area (Å²) in [5, 5.41) is 4.91. The van der Waals surface area contributed by atoms with Crippen LogP contribution >= 0.6 is 23.1 Å². The summed E-state index contributed by atoms with van der Waals surface area (Å²) in [6, 6.07) is 0. The predicted molar refractivity (Wildman–Crippen MR) is 88.1 cm³/mol. The molecular formula is C15H21N3O2S2. The molecule has 2 saturated heterocycles. The van der Waals surface area contributed by atoms with Crippen molar-refractivity contribution in [2.45, 2.75) is 36.9 Å². The van der Waals surface area contributed by atoms with Gasteiger partial charge in [0.15, 0.2) is 0 Å². The Balaban J connectivity index is 1.52. The van der Waals surface area contributed by atoms with E-state index in [0.29, 0.717) is 12.8 Å². The van der Waals surface area contributed by atoms with Crippen molar-refractivity contribution in [1.29, 1.82) is 0 Å². The molecule has 0 atom stereocenters. The number of aromatic nitrogens is 1. The maximum Gasteiger partial charge on any atom is 0.228 e. The average molecular weight is 339 g/mol. The molecule has 2 aliphatic heterocycles. The molecule has 2 aliphatic rings. The lowest BCUT2D eigenvalue weighted by atomic mass is 9.77. The summed E-state index contributed by atoms with van der Waals surface area (Å²) < 4.78 is 1.04. The molecule has 2 fully saturated rings. The van der Waals surface area contributed by atoms with Crippen LogP contribution in [0.4, 0.5) is 0 Å². The Kier molecular flexibility index (Phi) is 4.73. The number of hydrogen-bond donors (Lipinski definition) is 1. The molecule has 7 heteroatoms. The van der Waals surface area contributed by atoms with Crippen molar-refractivity contribution in [1.82, 2.24) is 15.2 Å². The van der Waals surface area contributed by atoms with Crippen LogP contribution in [0.3, 0.4) is 0 Å². The van der Waals surface area contributed by atoms with E-state index in [1.807, 2.05) is 10.3 Å². The second-order valence-corrected chi connectivity index (χ2v) is 8.42. The fraction of sp³-hybridized carbons (Fsp3) is 0.667. The molecule has 3 rings (SSSR count). The standard InChI is InChI=1S/C15H21N3O2S2/c1-2-21-14-17-11(9-22-14)7-13(20)18-5-3-15(4-6-18)8-12(19)16-10-15/h9H,2-8,10H2,1H3,(H,16,19). The maximum absolute atomic E-state index is 12.4. The predicted octanol–water partition coefficient (Wildman–Crippen LogP) is 1.93. The molecule has 0 bridgehead atoms. The third kappa shape index (κ3) is 3.46. The van der Waals surface area contributed by atoms with Crippen molar-refractivity contribution in [3.8, 4) is 0 Å². The number of hydrogen-bond acceptors (Lipinski definition) is 5. The highest BCUT2D eigenvalue weighted by Gasteiger charge is 2.41. The number of rotatable bonds is 4. The summed E-state index contributed by atoms with van der Waals surface area (Å²) >= 11 is 3.33. The van der Waals surface area contributed by atoms with Crippen molar-refractivity contribution < 1.29 is 9.59 Å². The molecule has 0 radical (unpaired) electrons. The lowest BCUT2D eigenvalue weighted by Crippen LogP contribution is -2.44. The Hall–Kier alpha value is -1.08. The molecule has 1 aromatic rings. The summed E-state index contributed by atoms with van der Waals surface area (Å²) in [5.74, 6) is 1.32. The van der Waals surface area contributed by atoms with E-state index in [1.165, 1.54) is 0 Å². The lowest BCUT2D eigenvalue weighted by Gasteiger charge is -2.38. The van der Waals surface area contributed by atoms with Gasteiger partial charge in [0.2, 0.25) is 11.8 Å². The molecule has 0 saturated carbocycles. The van der Waals surface area contributed by atoms with Crippen molar-refractivity contribution >= 4 is 34.9 Å². The monoisotopic (exact) mass is 339 g/mol. The molecule has 1 spiro atoms. The molecule has 5 nitrogen and oxygen atoms in total. The van der Waals surface area contributed by atoms with Crippen LogP contribution in [0.2, 0.25) is 0 Å². The van der Waals surface area contributed by atoms with Gasteiger partial charge >= 0.3 is 0 Å². The average Bonchev–Trinajstić information content (AvgIpc) is 3.08. The minimum Gasteiger partial charge on any atom is -0.356 e. The molecule has 0 aliphatic carbocycles. The van der Waals surface area contributed by atoms with Crippen LogP contribution in [-0.4, -0.2) is 47.1 Å². The van der Waals surface area contributed by atoms with Crippen LogP contribution in [-0.2, 0) is 16.0 Å². The third-order valence-corrected chi connectivity index (χ3v) is 6.46. The zero-order valence-corrected chi connectivity index (χ0v) is 14.4. The van der Waals surface area contributed by atoms with Gasteiger partial charge in [0, 0.05) is 31.4 Å². The second-order valence-electron chi connectivity index (χ2n) is 6.05. The van der Waals surface area contributed by atoms with E-state index in [9.17, 15) is 9.59 Å². The Morgan fingerprint density at radius 1 is 1.50 bits per heavy atom. The molecule has 22 heavy (non-hydrogen) atoms. The van der Waals surface area contributed by atoms with Gasteiger partial charge in [0.25, 0.3) is 0 Å². The second kappa shape index (κ2) is 6.58. The van der Waals surface area contributed by atoms with Gasteiger partial charge in [-0.3, -0.25) is 9.59 Å². The normalized spacial score (nSPS) is 20.4. The Bertz CT molecular complexity index is 565. The zero-order chi connectivity index (χ0) is 15.6. The number of carbonyl (C=O) groups excluding carboxylic acids is 2. The summed E-state index contributed by atoms with van der Waals surface area (Å²) in [6.07, 6.45) is 2.86. The van der Waals surface area contributed by atoms with Gasteiger partial charge in [0.05, 0.1) is 12.1 Å². The smallest absolute Gasteiger partial charge is 0.228 e. The van der Waals surface area contributed by atoms with E-state index >= 15 is 0 Å². The highest BCUT2D eigenvalue weighted by atomic mass is 32.2. The zero-order valence-electron chi connectivity index (χ0n) is 12.8. The number of amides is 2. The minimum atomic E-state index is 0.0967. The number of thiazole rings is 1. The van der Waals surface area contributed by atoms with E-state index < -0.39 is 0 Å². The van der Waals surface area contributed by atoms with Crippen molar-refractivity contribution in [2.75, 3.05) is 25.4 Å². The van der Waals surface area contributed by atoms with Crippen LogP contribution in [0.15, 0.2) is 9.72 Å². The van der Waals surface area contributed by atoms with Gasteiger partial charge in [-0.1, -0.05) is 18.7 Å². The van der Waals surface area contributed by atoms with Crippen LogP contribution in [0, 0.1) is 5.41 Å². The van der Waals surface area contributed by atoms with Gasteiger partial charge in [0.1, 0.15) is 4.34 Å². The van der Waals surface area contributed by atoms with Gasteiger partial charge in [-0.05, 0) is 24.0 Å². The SMILES string of the molecule is CCSc1nc(CC(=O)N2CCC3(CC2)CNC(=O)C3)cs1. The molecular weight excluding hydrogens is 318 g/mol. The fourth-order valence-corrected chi connectivity index (χ4v) is 4.90. The van der Waals surface area contributed by atoms with Crippen LogP contribution in [0.25, 0.3) is 0 Å².